The molecule has 0 bridgehead atoms. The molecule has 2 atom stereocenters. The highest BCUT2D eigenvalue weighted by atomic mass is 28.4. The van der Waals surface area contributed by atoms with Crippen molar-refractivity contribution in [1.82, 2.24) is 0 Å². The summed E-state index contributed by atoms with van der Waals surface area (Å²) in [5, 5.41) is -4.33. The predicted octanol–water partition coefficient (Wildman–Crippen LogP) is 7.38. The summed E-state index contributed by atoms with van der Waals surface area (Å²) in [5.41, 5.74) is 0. The van der Waals surface area contributed by atoms with Crippen LogP contribution in [-0.4, -0.2) is 57.2 Å². The standard InChI is InChI=1S/C14F24O2Si/c15-1-2(16)4(18)6(5(19)3(1)17)41(38,40-14(35,36)37)39-11(28,10(26,27)13(32,33)34)8(22,23)7(20,21)9(24,25)12(29,30)31. The molecule has 0 amide bonds. The van der Waals surface area contributed by atoms with Crippen LogP contribution in [0.1, 0.15) is 0 Å². The molecule has 41 heavy (non-hydrogen) atoms. The highest BCUT2D eigenvalue weighted by molar-refractivity contribution is 6.75. The molecule has 0 aromatic heterocycles. The fraction of sp³-hybridized carbons (Fsp3) is 0.571. The Morgan fingerprint density at radius 2 is 0.707 bits per heavy atom. The molecule has 1 aromatic carbocycles. The molecule has 0 fully saturated rings. The van der Waals surface area contributed by atoms with Crippen LogP contribution in [0.15, 0.2) is 0 Å². The van der Waals surface area contributed by atoms with Gasteiger partial charge in [0, 0.05) is 0 Å². The van der Waals surface area contributed by atoms with E-state index in [1.165, 1.54) is 0 Å². The van der Waals surface area contributed by atoms with Crippen molar-refractivity contribution in [3.8, 4) is 0 Å². The number of alkyl halides is 18. The van der Waals surface area contributed by atoms with Gasteiger partial charge in [0.05, 0.1) is 0 Å². The summed E-state index contributed by atoms with van der Waals surface area (Å²) in [6.45, 7) is 0. The maximum Gasteiger partial charge on any atom is 0.591 e. The van der Waals surface area contributed by atoms with Crippen LogP contribution in [0.2, 0.25) is 0 Å². The lowest BCUT2D eigenvalue weighted by Gasteiger charge is -2.45. The van der Waals surface area contributed by atoms with E-state index in [0.717, 1.165) is 0 Å². The highest BCUT2D eigenvalue weighted by Gasteiger charge is 2.95. The summed E-state index contributed by atoms with van der Waals surface area (Å²) in [6, 6.07) is 0. The molecule has 240 valence electrons. The SMILES string of the molecule is Fc1c(F)c(F)c([Si](F)(OC(F)(F)F)OC(F)(C(F)(F)C(F)(F)F)C(F)(F)C(F)(F)C(F)(F)C(F)(F)F)c(F)c1F. The Balaban J connectivity index is 4.40. The highest BCUT2D eigenvalue weighted by Crippen LogP contribution is 2.63. The molecule has 2 nitrogen and oxygen atoms in total. The molecule has 0 spiro atoms. The first-order valence-electron chi connectivity index (χ1n) is 8.60. The smallest absolute Gasteiger partial charge is 0.323 e. The van der Waals surface area contributed by atoms with Gasteiger partial charge in [-0.2, -0.15) is 65.9 Å². The third kappa shape index (κ3) is 5.46. The van der Waals surface area contributed by atoms with Crippen molar-refractivity contribution in [3.05, 3.63) is 29.1 Å². The van der Waals surface area contributed by atoms with E-state index in [0.29, 0.717) is 0 Å². The molecule has 1 aromatic rings. The Hall–Kier alpha value is -2.32. The number of halogens is 24. The molecule has 0 aliphatic heterocycles. The van der Waals surface area contributed by atoms with Gasteiger partial charge < -0.3 is 4.43 Å². The minimum Gasteiger partial charge on any atom is -0.323 e. The molecule has 0 radical (unpaired) electrons. The molecule has 27 heteroatoms. The van der Waals surface area contributed by atoms with E-state index in [9.17, 15) is 101 Å². The monoisotopic (exact) mass is 684 g/mol. The summed E-state index contributed by atoms with van der Waals surface area (Å²) < 4.78 is 322. The Bertz CT molecular complexity index is 1120. The summed E-state index contributed by atoms with van der Waals surface area (Å²) in [6.07, 6.45) is -24.0. The first kappa shape index (κ1) is 36.7. The molecule has 0 N–H and O–H groups in total. The minimum absolute atomic E-state index is 1.68. The third-order valence-corrected chi connectivity index (χ3v) is 6.41. The van der Waals surface area contributed by atoms with Crippen LogP contribution in [0.25, 0.3) is 0 Å². The van der Waals surface area contributed by atoms with Crippen LogP contribution in [0.4, 0.5) is 105 Å². The van der Waals surface area contributed by atoms with E-state index in [4.69, 9.17) is 0 Å². The molecule has 0 aliphatic carbocycles. The quantitative estimate of drug-likeness (QED) is 0.0937. The lowest BCUT2D eigenvalue weighted by atomic mass is 9.92. The first-order valence-corrected chi connectivity index (χ1v) is 10.3. The normalized spacial score (nSPS) is 17.9. The average Bonchev–Trinajstić information content (AvgIpc) is 2.72. The van der Waals surface area contributed by atoms with Crippen molar-refractivity contribution in [2.75, 3.05) is 0 Å². The summed E-state index contributed by atoms with van der Waals surface area (Å²) >= 11 is 0. The van der Waals surface area contributed by atoms with E-state index < -0.39 is 91.4 Å². The van der Waals surface area contributed by atoms with Crippen LogP contribution >= 0.6 is 0 Å². The van der Waals surface area contributed by atoms with Gasteiger partial charge in [0.1, 0.15) is 5.19 Å². The first-order chi connectivity index (χ1) is 17.6. The van der Waals surface area contributed by atoms with Crippen LogP contribution in [0.5, 0.6) is 0 Å². The lowest BCUT2D eigenvalue weighted by molar-refractivity contribution is -0.474. The zero-order chi connectivity index (χ0) is 33.4. The maximum absolute atomic E-state index is 15.0. The van der Waals surface area contributed by atoms with E-state index in [2.05, 4.69) is 0 Å². The number of hydrogen-bond acceptors (Lipinski definition) is 2. The van der Waals surface area contributed by atoms with Gasteiger partial charge >= 0.3 is 57.2 Å². The molecule has 0 saturated carbocycles. The fourth-order valence-electron chi connectivity index (χ4n) is 2.40. The Morgan fingerprint density at radius 3 is 1.00 bits per heavy atom. The average molecular weight is 684 g/mol. The largest absolute Gasteiger partial charge is 0.591 e. The second kappa shape index (κ2) is 9.87. The van der Waals surface area contributed by atoms with Gasteiger partial charge in [0.25, 0.3) is 0 Å². The van der Waals surface area contributed by atoms with Crippen molar-refractivity contribution < 1.29 is 114 Å². The molecule has 0 heterocycles. The molecule has 2 unspecified atom stereocenters. The molecule has 0 aliphatic rings. The zero-order valence-corrected chi connectivity index (χ0v) is 18.4. The number of hydrogen-bond donors (Lipinski definition) is 0. The van der Waals surface area contributed by atoms with Gasteiger partial charge in [-0.05, 0) is 0 Å². The third-order valence-electron chi connectivity index (χ3n) is 4.34. The molecular weight excluding hydrogens is 684 g/mol. The Labute approximate surface area is 206 Å². The van der Waals surface area contributed by atoms with Crippen molar-refractivity contribution in [2.45, 2.75) is 48.3 Å². The fourth-order valence-corrected chi connectivity index (χ4v) is 4.31. The summed E-state index contributed by atoms with van der Waals surface area (Å²) in [7, 11) is -9.77. The van der Waals surface area contributed by atoms with Gasteiger partial charge in [-0.1, -0.05) is 0 Å². The van der Waals surface area contributed by atoms with Crippen LogP contribution in [-0.2, 0) is 8.85 Å². The van der Waals surface area contributed by atoms with Crippen molar-refractivity contribution in [3.63, 3.8) is 0 Å². The minimum atomic E-state index is -9.77. The second-order valence-corrected chi connectivity index (χ2v) is 9.00. The van der Waals surface area contributed by atoms with Gasteiger partial charge in [-0.25, -0.2) is 26.1 Å². The van der Waals surface area contributed by atoms with Crippen molar-refractivity contribution in [1.29, 1.82) is 0 Å². The molecule has 1 rings (SSSR count). The van der Waals surface area contributed by atoms with Gasteiger partial charge in [-0.3, -0.25) is 4.43 Å². The van der Waals surface area contributed by atoms with Crippen LogP contribution in [0.3, 0.4) is 0 Å². The molecule has 0 saturated heterocycles. The summed E-state index contributed by atoms with van der Waals surface area (Å²) in [5.74, 6) is -64.7. The number of rotatable bonds is 8. The number of benzene rings is 1. The Morgan fingerprint density at radius 1 is 0.390 bits per heavy atom. The van der Waals surface area contributed by atoms with Gasteiger partial charge in [0.2, 0.25) is 5.82 Å². The van der Waals surface area contributed by atoms with Gasteiger partial charge in [-0.15, -0.1) is 13.2 Å². The lowest BCUT2D eigenvalue weighted by Crippen LogP contribution is -2.77. The predicted molar refractivity (Wildman–Crippen MR) is 76.7 cm³/mol. The maximum atomic E-state index is 15.0. The van der Waals surface area contributed by atoms with Crippen LogP contribution in [0, 0.1) is 29.1 Å². The van der Waals surface area contributed by atoms with Crippen molar-refractivity contribution >= 4 is 14.1 Å². The van der Waals surface area contributed by atoms with Gasteiger partial charge in [0.15, 0.2) is 23.3 Å². The second-order valence-electron chi connectivity index (χ2n) is 7.02. The van der Waals surface area contributed by atoms with E-state index in [1.807, 2.05) is 0 Å². The molecular formula is C14F24O2Si. The zero-order valence-electron chi connectivity index (χ0n) is 17.4. The van der Waals surface area contributed by atoms with E-state index in [-0.39, 0.29) is 0 Å². The van der Waals surface area contributed by atoms with E-state index in [1.54, 1.807) is 8.85 Å². The summed E-state index contributed by atoms with van der Waals surface area (Å²) in [4.78, 5) is 0. The van der Waals surface area contributed by atoms with Crippen molar-refractivity contribution in [2.24, 2.45) is 0 Å². The Kier molecular flexibility index (Phi) is 8.83. The van der Waals surface area contributed by atoms with Crippen LogP contribution < -0.4 is 5.19 Å². The van der Waals surface area contributed by atoms with E-state index >= 15 is 4.11 Å². The topological polar surface area (TPSA) is 18.5 Å².